The van der Waals surface area contributed by atoms with Gasteiger partial charge in [-0.2, -0.15) is 0 Å². The highest BCUT2D eigenvalue weighted by atomic mass is 14.6. The van der Waals surface area contributed by atoms with E-state index in [1.54, 1.807) is 0 Å². The lowest BCUT2D eigenvalue weighted by atomic mass is 9.85. The second-order valence-corrected chi connectivity index (χ2v) is 5.74. The molecule has 0 spiro atoms. The number of aryl methyl sites for hydroxylation is 1. The maximum Gasteiger partial charge on any atom is 0.0270 e. The van der Waals surface area contributed by atoms with E-state index in [1.807, 2.05) is 12.4 Å². The van der Waals surface area contributed by atoms with E-state index < -0.39 is 0 Å². The van der Waals surface area contributed by atoms with Crippen LogP contribution in [0.15, 0.2) is 24.5 Å². The van der Waals surface area contributed by atoms with Crippen LogP contribution in [-0.2, 0) is 6.42 Å². The highest BCUT2D eigenvalue weighted by Gasteiger charge is 2.14. The van der Waals surface area contributed by atoms with Crippen LogP contribution < -0.4 is 5.73 Å². The van der Waals surface area contributed by atoms with Crippen molar-refractivity contribution < 1.29 is 0 Å². The average molecular weight is 246 g/mol. The molecule has 1 fully saturated rings. The molecule has 2 heteroatoms. The Kier molecular flexibility index (Phi) is 5.66. The minimum absolute atomic E-state index is 0.375. The fourth-order valence-electron chi connectivity index (χ4n) is 2.97. The molecule has 1 aliphatic rings. The zero-order valence-electron chi connectivity index (χ0n) is 11.4. The Morgan fingerprint density at radius 1 is 1.11 bits per heavy atom. The molecule has 100 valence electrons. The summed E-state index contributed by atoms with van der Waals surface area (Å²) in [6, 6.07) is 4.56. The largest absolute Gasteiger partial charge is 0.328 e. The molecule has 1 aromatic rings. The first-order valence-corrected chi connectivity index (χ1v) is 7.49. The van der Waals surface area contributed by atoms with Crippen molar-refractivity contribution in [2.45, 2.75) is 63.8 Å². The van der Waals surface area contributed by atoms with Gasteiger partial charge in [0.05, 0.1) is 0 Å². The van der Waals surface area contributed by atoms with E-state index in [0.717, 1.165) is 18.8 Å². The molecule has 2 N–H and O–H groups in total. The van der Waals surface area contributed by atoms with Crippen LogP contribution in [0.1, 0.15) is 56.9 Å². The molecule has 0 aliphatic heterocycles. The van der Waals surface area contributed by atoms with Crippen molar-refractivity contribution in [3.63, 3.8) is 0 Å². The summed E-state index contributed by atoms with van der Waals surface area (Å²) in [7, 11) is 0. The topological polar surface area (TPSA) is 38.9 Å². The highest BCUT2D eigenvalue weighted by Crippen LogP contribution is 2.27. The summed E-state index contributed by atoms with van der Waals surface area (Å²) in [6.07, 6.45) is 15.7. The standard InChI is InChI=1S/C16H26N2/c17-16(8-6-14-4-2-1-3-5-14)9-7-15-10-12-18-13-11-15/h10-14,16H,1-9,17H2. The lowest BCUT2D eigenvalue weighted by Gasteiger charge is -2.22. The molecule has 1 aliphatic carbocycles. The first-order chi connectivity index (χ1) is 8.84. The van der Waals surface area contributed by atoms with E-state index in [4.69, 9.17) is 5.73 Å². The third-order valence-corrected chi connectivity index (χ3v) is 4.22. The molecule has 0 radical (unpaired) electrons. The number of hydrogen-bond acceptors (Lipinski definition) is 2. The molecule has 0 amide bonds. The molecular formula is C16H26N2. The van der Waals surface area contributed by atoms with Gasteiger partial charge in [-0.3, -0.25) is 4.98 Å². The minimum atomic E-state index is 0.375. The Hall–Kier alpha value is -0.890. The normalized spacial score (nSPS) is 18.7. The highest BCUT2D eigenvalue weighted by molar-refractivity contribution is 5.09. The number of hydrogen-bond donors (Lipinski definition) is 1. The van der Waals surface area contributed by atoms with Gasteiger partial charge < -0.3 is 5.73 Å². The number of rotatable bonds is 6. The molecule has 1 heterocycles. The van der Waals surface area contributed by atoms with Gasteiger partial charge in [-0.05, 0) is 49.3 Å². The molecular weight excluding hydrogens is 220 g/mol. The van der Waals surface area contributed by atoms with Crippen molar-refractivity contribution in [2.24, 2.45) is 11.7 Å². The molecule has 1 unspecified atom stereocenters. The lowest BCUT2D eigenvalue weighted by Crippen LogP contribution is -2.22. The summed E-state index contributed by atoms with van der Waals surface area (Å²) in [5.74, 6) is 0.964. The van der Waals surface area contributed by atoms with Gasteiger partial charge >= 0.3 is 0 Å². The molecule has 1 atom stereocenters. The van der Waals surface area contributed by atoms with E-state index >= 15 is 0 Å². The van der Waals surface area contributed by atoms with E-state index in [0.29, 0.717) is 6.04 Å². The number of nitrogens with two attached hydrogens (primary N) is 1. The van der Waals surface area contributed by atoms with E-state index in [2.05, 4.69) is 17.1 Å². The molecule has 2 nitrogen and oxygen atoms in total. The van der Waals surface area contributed by atoms with Gasteiger partial charge in [-0.1, -0.05) is 32.1 Å². The van der Waals surface area contributed by atoms with Gasteiger partial charge in [0, 0.05) is 18.4 Å². The number of nitrogens with zero attached hydrogens (tertiary/aromatic N) is 1. The quantitative estimate of drug-likeness (QED) is 0.831. The summed E-state index contributed by atoms with van der Waals surface area (Å²) in [5, 5.41) is 0. The first-order valence-electron chi connectivity index (χ1n) is 7.49. The zero-order chi connectivity index (χ0) is 12.6. The van der Waals surface area contributed by atoms with E-state index in [1.165, 1.54) is 50.5 Å². The van der Waals surface area contributed by atoms with Crippen molar-refractivity contribution in [1.29, 1.82) is 0 Å². The fraction of sp³-hybridized carbons (Fsp3) is 0.688. The first kappa shape index (κ1) is 13.5. The van der Waals surface area contributed by atoms with Crippen LogP contribution >= 0.6 is 0 Å². The predicted molar refractivity (Wildman–Crippen MR) is 76.3 cm³/mol. The van der Waals surface area contributed by atoms with Crippen LogP contribution in [0.25, 0.3) is 0 Å². The Bertz CT molecular complexity index is 317. The molecule has 2 rings (SSSR count). The Labute approximate surface area is 111 Å². The Balaban J connectivity index is 1.61. The van der Waals surface area contributed by atoms with Gasteiger partial charge in [0.25, 0.3) is 0 Å². The maximum absolute atomic E-state index is 6.22. The zero-order valence-corrected chi connectivity index (χ0v) is 11.4. The van der Waals surface area contributed by atoms with Crippen molar-refractivity contribution in [2.75, 3.05) is 0 Å². The molecule has 0 aromatic carbocycles. The van der Waals surface area contributed by atoms with E-state index in [-0.39, 0.29) is 0 Å². The van der Waals surface area contributed by atoms with E-state index in [9.17, 15) is 0 Å². The van der Waals surface area contributed by atoms with Crippen molar-refractivity contribution in [3.8, 4) is 0 Å². The van der Waals surface area contributed by atoms with Crippen molar-refractivity contribution in [3.05, 3.63) is 30.1 Å². The van der Waals surface area contributed by atoms with Crippen molar-refractivity contribution >= 4 is 0 Å². The predicted octanol–water partition coefficient (Wildman–Crippen LogP) is 3.70. The summed E-state index contributed by atoms with van der Waals surface area (Å²) in [6.45, 7) is 0. The molecule has 0 bridgehead atoms. The summed E-state index contributed by atoms with van der Waals surface area (Å²) < 4.78 is 0. The molecule has 1 saturated carbocycles. The fourth-order valence-corrected chi connectivity index (χ4v) is 2.97. The summed E-state index contributed by atoms with van der Waals surface area (Å²) in [5.41, 5.74) is 7.58. The van der Waals surface area contributed by atoms with Gasteiger partial charge in [0.1, 0.15) is 0 Å². The number of aromatic nitrogens is 1. The monoisotopic (exact) mass is 246 g/mol. The van der Waals surface area contributed by atoms with Crippen LogP contribution in [0.2, 0.25) is 0 Å². The second kappa shape index (κ2) is 7.52. The smallest absolute Gasteiger partial charge is 0.0270 e. The van der Waals surface area contributed by atoms with Crippen LogP contribution in [0.4, 0.5) is 0 Å². The van der Waals surface area contributed by atoms with Crippen LogP contribution in [-0.4, -0.2) is 11.0 Å². The third-order valence-electron chi connectivity index (χ3n) is 4.22. The number of pyridine rings is 1. The van der Waals surface area contributed by atoms with Gasteiger partial charge in [0.2, 0.25) is 0 Å². The van der Waals surface area contributed by atoms with Gasteiger partial charge in [-0.15, -0.1) is 0 Å². The van der Waals surface area contributed by atoms with Crippen LogP contribution in [0, 0.1) is 5.92 Å². The van der Waals surface area contributed by atoms with Crippen molar-refractivity contribution in [1.82, 2.24) is 4.98 Å². The molecule has 0 saturated heterocycles. The second-order valence-electron chi connectivity index (χ2n) is 5.74. The Morgan fingerprint density at radius 3 is 2.56 bits per heavy atom. The molecule has 1 aromatic heterocycles. The minimum Gasteiger partial charge on any atom is -0.328 e. The SMILES string of the molecule is NC(CCc1ccncc1)CCC1CCCCC1. The average Bonchev–Trinajstić information content (AvgIpc) is 2.45. The maximum atomic E-state index is 6.22. The van der Waals surface area contributed by atoms with Gasteiger partial charge in [-0.25, -0.2) is 0 Å². The Morgan fingerprint density at radius 2 is 1.83 bits per heavy atom. The summed E-state index contributed by atoms with van der Waals surface area (Å²) in [4.78, 5) is 4.04. The van der Waals surface area contributed by atoms with Crippen LogP contribution in [0.5, 0.6) is 0 Å². The summed E-state index contributed by atoms with van der Waals surface area (Å²) >= 11 is 0. The molecule has 18 heavy (non-hydrogen) atoms. The lowest BCUT2D eigenvalue weighted by molar-refractivity contribution is 0.321. The van der Waals surface area contributed by atoms with Crippen LogP contribution in [0.3, 0.4) is 0 Å². The third kappa shape index (κ3) is 4.77. The van der Waals surface area contributed by atoms with Gasteiger partial charge in [0.15, 0.2) is 0 Å².